The number of phenols is 1. The normalized spacial score (nSPS) is 19.8. The molecule has 0 amide bonds. The van der Waals surface area contributed by atoms with Crippen LogP contribution in [0.25, 0.3) is 5.70 Å². The third-order valence-electron chi connectivity index (χ3n) is 4.77. The van der Waals surface area contributed by atoms with E-state index in [1.54, 1.807) is 12.1 Å². The molecule has 0 atom stereocenters. The molecule has 0 unspecified atom stereocenters. The Morgan fingerprint density at radius 1 is 0.923 bits per heavy atom. The van der Waals surface area contributed by atoms with Gasteiger partial charge in [0.05, 0.1) is 18.4 Å². The lowest BCUT2D eigenvalue weighted by molar-refractivity contribution is 0.120. The fourth-order valence-corrected chi connectivity index (χ4v) is 3.00. The first-order chi connectivity index (χ1) is 12.8. The highest BCUT2D eigenvalue weighted by atomic mass is 16.5. The van der Waals surface area contributed by atoms with Gasteiger partial charge in [-0.25, -0.2) is 4.99 Å². The fraction of sp³-hybridized carbons (Fsp3) is 0.318. The molecule has 0 aromatic heterocycles. The summed E-state index contributed by atoms with van der Waals surface area (Å²) in [6.45, 7) is 0.637. The predicted octanol–water partition coefficient (Wildman–Crippen LogP) is 4.92. The van der Waals surface area contributed by atoms with Crippen molar-refractivity contribution < 1.29 is 14.6 Å². The van der Waals surface area contributed by atoms with Crippen molar-refractivity contribution in [2.24, 2.45) is 4.99 Å². The van der Waals surface area contributed by atoms with Gasteiger partial charge in [0, 0.05) is 11.1 Å². The van der Waals surface area contributed by atoms with Crippen molar-refractivity contribution in [3.05, 3.63) is 65.7 Å². The second-order valence-corrected chi connectivity index (χ2v) is 6.74. The van der Waals surface area contributed by atoms with Gasteiger partial charge in [-0.2, -0.15) is 0 Å². The molecule has 4 nitrogen and oxygen atoms in total. The number of aliphatic imine (C=N–C) groups is 1. The van der Waals surface area contributed by atoms with Gasteiger partial charge in [0.25, 0.3) is 0 Å². The van der Waals surface area contributed by atoms with Crippen molar-refractivity contribution in [1.29, 1.82) is 0 Å². The van der Waals surface area contributed by atoms with Gasteiger partial charge in [-0.3, -0.25) is 0 Å². The van der Waals surface area contributed by atoms with Crippen molar-refractivity contribution in [3.63, 3.8) is 0 Å². The van der Waals surface area contributed by atoms with Crippen LogP contribution in [0.5, 0.6) is 11.5 Å². The minimum absolute atomic E-state index is 0.234. The number of hydrogen-bond donors (Lipinski definition) is 1. The van der Waals surface area contributed by atoms with E-state index < -0.39 is 0 Å². The van der Waals surface area contributed by atoms with Gasteiger partial charge in [0.15, 0.2) is 0 Å². The Labute approximate surface area is 153 Å². The van der Waals surface area contributed by atoms with Crippen molar-refractivity contribution in [1.82, 2.24) is 0 Å². The molecule has 0 radical (unpaired) electrons. The van der Waals surface area contributed by atoms with Crippen LogP contribution in [0, 0.1) is 0 Å². The third kappa shape index (κ3) is 3.90. The number of benzene rings is 2. The van der Waals surface area contributed by atoms with Crippen LogP contribution >= 0.6 is 0 Å². The summed E-state index contributed by atoms with van der Waals surface area (Å²) >= 11 is 0. The number of hydrogen-bond acceptors (Lipinski definition) is 4. The standard InChI is InChI=1S/C22H23NO3/c24-18-11-7-17(8-12-18)22-23-21(6-1-2-15-25-22)16-9-13-20(14-10-16)26-19-4-3-5-19/h6-14,19,24H,1-5,15H2/b21-6+,23-22?. The quantitative estimate of drug-likeness (QED) is 0.852. The molecule has 2 aromatic rings. The molecule has 1 heterocycles. The SMILES string of the molecule is Oc1ccc(C2=N/C(c3ccc(OC4CCC4)cc3)=C/CCCO2)cc1. The van der Waals surface area contributed by atoms with Gasteiger partial charge in [0.2, 0.25) is 5.90 Å². The van der Waals surface area contributed by atoms with E-state index in [1.807, 2.05) is 24.3 Å². The maximum Gasteiger partial charge on any atom is 0.221 e. The van der Waals surface area contributed by atoms with Crippen molar-refractivity contribution in [3.8, 4) is 11.5 Å². The summed E-state index contributed by atoms with van der Waals surface area (Å²) < 4.78 is 11.8. The van der Waals surface area contributed by atoms with Gasteiger partial charge < -0.3 is 14.6 Å². The zero-order valence-corrected chi connectivity index (χ0v) is 14.7. The summed E-state index contributed by atoms with van der Waals surface area (Å²) in [6.07, 6.45) is 8.00. The van der Waals surface area contributed by atoms with Crippen molar-refractivity contribution >= 4 is 11.6 Å². The number of aromatic hydroxyl groups is 1. The van der Waals surface area contributed by atoms with Crippen LogP contribution in [0.1, 0.15) is 43.2 Å². The second kappa shape index (κ2) is 7.65. The molecule has 0 bridgehead atoms. The van der Waals surface area contributed by atoms with E-state index >= 15 is 0 Å². The lowest BCUT2D eigenvalue weighted by atomic mass is 9.96. The molecule has 26 heavy (non-hydrogen) atoms. The Morgan fingerprint density at radius 2 is 1.65 bits per heavy atom. The predicted molar refractivity (Wildman–Crippen MR) is 103 cm³/mol. The molecular weight excluding hydrogens is 326 g/mol. The second-order valence-electron chi connectivity index (χ2n) is 6.74. The zero-order valence-electron chi connectivity index (χ0n) is 14.7. The van der Waals surface area contributed by atoms with Crippen LogP contribution in [0.15, 0.2) is 59.6 Å². The minimum Gasteiger partial charge on any atom is -0.508 e. The number of ether oxygens (including phenoxy) is 2. The smallest absolute Gasteiger partial charge is 0.221 e. The van der Waals surface area contributed by atoms with Crippen LogP contribution in [0.3, 0.4) is 0 Å². The van der Waals surface area contributed by atoms with Crippen LogP contribution < -0.4 is 4.74 Å². The van der Waals surface area contributed by atoms with E-state index in [4.69, 9.17) is 14.5 Å². The Balaban J connectivity index is 1.58. The Bertz CT molecular complexity index is 802. The van der Waals surface area contributed by atoms with Gasteiger partial charge >= 0.3 is 0 Å². The summed E-state index contributed by atoms with van der Waals surface area (Å²) in [6, 6.07) is 15.1. The molecule has 1 saturated carbocycles. The number of nitrogens with zero attached hydrogens (tertiary/aromatic N) is 1. The lowest BCUT2D eigenvalue weighted by Crippen LogP contribution is -2.24. The minimum atomic E-state index is 0.234. The number of allylic oxidation sites excluding steroid dienone is 1. The maximum absolute atomic E-state index is 9.49. The summed E-state index contributed by atoms with van der Waals surface area (Å²) in [4.78, 5) is 4.76. The number of phenolic OH excluding ortho intramolecular Hbond substituents is 1. The van der Waals surface area contributed by atoms with Crippen LogP contribution in [0.2, 0.25) is 0 Å². The van der Waals surface area contributed by atoms with E-state index in [2.05, 4.69) is 18.2 Å². The highest BCUT2D eigenvalue weighted by Gasteiger charge is 2.19. The monoisotopic (exact) mass is 349 g/mol. The van der Waals surface area contributed by atoms with Gasteiger partial charge in [-0.1, -0.05) is 6.08 Å². The Morgan fingerprint density at radius 3 is 2.35 bits per heavy atom. The van der Waals surface area contributed by atoms with Crippen LogP contribution in [0.4, 0.5) is 0 Å². The molecule has 1 N–H and O–H groups in total. The third-order valence-corrected chi connectivity index (χ3v) is 4.77. The molecule has 0 saturated heterocycles. The summed E-state index contributed by atoms with van der Waals surface area (Å²) in [5.74, 6) is 1.74. The molecule has 1 aliphatic carbocycles. The first kappa shape index (κ1) is 16.7. The number of rotatable bonds is 4. The van der Waals surface area contributed by atoms with E-state index in [0.29, 0.717) is 18.6 Å². The largest absolute Gasteiger partial charge is 0.508 e. The molecule has 2 aliphatic rings. The molecule has 134 valence electrons. The maximum atomic E-state index is 9.49. The Hall–Kier alpha value is -2.75. The van der Waals surface area contributed by atoms with E-state index in [0.717, 1.165) is 48.3 Å². The first-order valence-electron chi connectivity index (χ1n) is 9.26. The molecule has 1 aliphatic heterocycles. The van der Waals surface area contributed by atoms with Crippen molar-refractivity contribution in [2.45, 2.75) is 38.2 Å². The lowest BCUT2D eigenvalue weighted by Gasteiger charge is -2.26. The molecule has 0 spiro atoms. The molecule has 4 heteroatoms. The summed E-state index contributed by atoms with van der Waals surface area (Å²) in [5.41, 5.74) is 2.82. The first-order valence-corrected chi connectivity index (χ1v) is 9.26. The fourth-order valence-electron chi connectivity index (χ4n) is 3.00. The molecular formula is C22H23NO3. The van der Waals surface area contributed by atoms with E-state index in [1.165, 1.54) is 6.42 Å². The highest BCUT2D eigenvalue weighted by molar-refractivity contribution is 5.97. The topological polar surface area (TPSA) is 51.1 Å². The van der Waals surface area contributed by atoms with Crippen molar-refractivity contribution in [2.75, 3.05) is 6.61 Å². The van der Waals surface area contributed by atoms with E-state index in [9.17, 15) is 5.11 Å². The summed E-state index contributed by atoms with van der Waals surface area (Å²) in [5, 5.41) is 9.49. The Kier molecular flexibility index (Phi) is 4.91. The summed E-state index contributed by atoms with van der Waals surface area (Å²) in [7, 11) is 0. The van der Waals surface area contributed by atoms with Gasteiger partial charge in [-0.05, 0) is 80.6 Å². The van der Waals surface area contributed by atoms with Gasteiger partial charge in [0.1, 0.15) is 11.5 Å². The van der Waals surface area contributed by atoms with Crippen LogP contribution in [-0.4, -0.2) is 23.7 Å². The average Bonchev–Trinajstić information content (AvgIpc) is 2.60. The highest BCUT2D eigenvalue weighted by Crippen LogP contribution is 2.27. The molecule has 1 fully saturated rings. The zero-order chi connectivity index (χ0) is 17.8. The van der Waals surface area contributed by atoms with Crippen LogP contribution in [-0.2, 0) is 4.74 Å². The van der Waals surface area contributed by atoms with Gasteiger partial charge in [-0.15, -0.1) is 0 Å². The molecule has 2 aromatic carbocycles. The average molecular weight is 349 g/mol. The molecule has 4 rings (SSSR count). The van der Waals surface area contributed by atoms with E-state index in [-0.39, 0.29) is 5.75 Å².